The van der Waals surface area contributed by atoms with Gasteiger partial charge in [0.15, 0.2) is 0 Å². The van der Waals surface area contributed by atoms with Gasteiger partial charge in [-0.15, -0.1) is 46.3 Å². The summed E-state index contributed by atoms with van der Waals surface area (Å²) in [4.78, 5) is 31.1. The molecule has 45 heavy (non-hydrogen) atoms. The number of carbonyl (C=O) groups excluding carboxylic acids is 2. The first-order valence-electron chi connectivity index (χ1n) is 16.1. The molecule has 0 radical (unpaired) electrons. The number of ether oxygens (including phenoxy) is 1. The van der Waals surface area contributed by atoms with Crippen LogP contribution in [0.25, 0.3) is 10.1 Å². The van der Waals surface area contributed by atoms with Gasteiger partial charge in [0, 0.05) is 83.0 Å². The van der Waals surface area contributed by atoms with Gasteiger partial charge in [-0.3, -0.25) is 9.59 Å². The Labute approximate surface area is 286 Å². The second-order valence-electron chi connectivity index (χ2n) is 14.0. The molecule has 9 heteroatoms. The Morgan fingerprint density at radius 1 is 0.956 bits per heavy atom. The Kier molecular flexibility index (Phi) is 9.48. The number of thioether (sulfide) groups is 1. The fourth-order valence-corrected chi connectivity index (χ4v) is 10.4. The Morgan fingerprint density at radius 2 is 1.62 bits per heavy atom. The molecular weight excluding hydrogens is 643 g/mol. The number of benzene rings is 1. The number of thiophene rings is 1. The number of alkyl halides is 2. The van der Waals surface area contributed by atoms with E-state index in [1.807, 2.05) is 21.6 Å². The lowest BCUT2D eigenvalue weighted by atomic mass is 9.79. The van der Waals surface area contributed by atoms with E-state index >= 15 is 0 Å². The van der Waals surface area contributed by atoms with E-state index < -0.39 is 0 Å². The van der Waals surface area contributed by atoms with Crippen molar-refractivity contribution in [3.63, 3.8) is 0 Å². The lowest BCUT2D eigenvalue weighted by Gasteiger charge is -2.35. The molecule has 1 aliphatic carbocycles. The molecular formula is C36H44Cl2N2O3S2. The monoisotopic (exact) mass is 686 g/mol. The molecule has 242 valence electrons. The molecule has 4 aliphatic rings. The highest BCUT2D eigenvalue weighted by molar-refractivity contribution is 8.03. The number of aryl methyl sites for hydroxylation is 2. The van der Waals surface area contributed by atoms with Crippen molar-refractivity contribution in [1.29, 1.82) is 0 Å². The van der Waals surface area contributed by atoms with Gasteiger partial charge in [-0.05, 0) is 93.5 Å². The summed E-state index contributed by atoms with van der Waals surface area (Å²) in [5.41, 5.74) is 8.02. The number of halogens is 2. The average Bonchev–Trinajstić information content (AvgIpc) is 3.75. The van der Waals surface area contributed by atoms with Gasteiger partial charge < -0.3 is 14.5 Å². The molecule has 4 atom stereocenters. The molecule has 1 aromatic carbocycles. The molecule has 0 saturated carbocycles. The van der Waals surface area contributed by atoms with Crippen LogP contribution in [0.4, 0.5) is 5.69 Å². The highest BCUT2D eigenvalue weighted by Crippen LogP contribution is 2.53. The van der Waals surface area contributed by atoms with E-state index in [1.54, 1.807) is 11.3 Å². The molecule has 6 rings (SSSR count). The predicted molar refractivity (Wildman–Crippen MR) is 191 cm³/mol. The minimum Gasteiger partial charge on any atom is -0.491 e. The Balaban J connectivity index is 1.09. The molecule has 2 aromatic rings. The van der Waals surface area contributed by atoms with Crippen molar-refractivity contribution in [2.75, 3.05) is 29.7 Å². The number of carbonyl (C=O) groups is 2. The number of amides is 2. The molecule has 2 unspecified atom stereocenters. The number of rotatable bonds is 9. The number of nitrogens with zero attached hydrogens (tertiary/aromatic N) is 2. The quantitative estimate of drug-likeness (QED) is 0.195. The molecule has 0 fully saturated rings. The van der Waals surface area contributed by atoms with Gasteiger partial charge >= 0.3 is 0 Å². The summed E-state index contributed by atoms with van der Waals surface area (Å²) in [7, 11) is 0. The molecule has 0 saturated heterocycles. The third-order valence-corrected chi connectivity index (χ3v) is 12.8. The van der Waals surface area contributed by atoms with E-state index in [-0.39, 0.29) is 40.4 Å². The van der Waals surface area contributed by atoms with Crippen LogP contribution >= 0.6 is 46.3 Å². The van der Waals surface area contributed by atoms with Crippen LogP contribution in [-0.2, 0) is 14.3 Å². The zero-order chi connectivity index (χ0) is 32.2. The first-order valence-corrected chi connectivity index (χ1v) is 19.0. The number of fused-ring (bicyclic) bond motifs is 5. The average molecular weight is 688 g/mol. The van der Waals surface area contributed by atoms with Crippen LogP contribution in [0.2, 0.25) is 0 Å². The van der Waals surface area contributed by atoms with Gasteiger partial charge in [-0.1, -0.05) is 12.0 Å². The Morgan fingerprint density at radius 3 is 2.29 bits per heavy atom. The second-order valence-corrected chi connectivity index (χ2v) is 16.5. The van der Waals surface area contributed by atoms with Gasteiger partial charge in [-0.25, -0.2) is 0 Å². The maximum Gasteiger partial charge on any atom is 0.227 e. The van der Waals surface area contributed by atoms with Crippen LogP contribution in [0.1, 0.15) is 82.4 Å². The summed E-state index contributed by atoms with van der Waals surface area (Å²) >= 11 is 16.5. The highest BCUT2D eigenvalue weighted by Gasteiger charge is 2.47. The lowest BCUT2D eigenvalue weighted by molar-refractivity contribution is -0.129. The van der Waals surface area contributed by atoms with Crippen LogP contribution in [0.15, 0.2) is 45.5 Å². The summed E-state index contributed by atoms with van der Waals surface area (Å²) in [6.07, 6.45) is 5.37. The third kappa shape index (κ3) is 6.12. The summed E-state index contributed by atoms with van der Waals surface area (Å²) in [6.45, 7) is 13.9. The standard InChI is InChI=1S/C36H44Cl2N2O3S2/c1-20-12-25-32(30-21(2)18-44-34(20)30)23(14-37)16-39(25)28(41)10-8-7-9-11-29(42)40-17-24(15-38)33-26(40)13-27(43-36(4,5)6)35-31(33)22(3)19-45-35/h12-13,18-19,23-24,31,35H,7-11,14-17H2,1-6H3/t23-,24-,31?,35?/m1/s1. The fraction of sp³-hybridized carbons (Fsp3) is 0.556. The third-order valence-electron chi connectivity index (χ3n) is 9.53. The summed E-state index contributed by atoms with van der Waals surface area (Å²) in [6, 6.07) is 2.17. The van der Waals surface area contributed by atoms with E-state index in [1.165, 1.54) is 37.9 Å². The van der Waals surface area contributed by atoms with E-state index in [0.29, 0.717) is 37.7 Å². The normalized spacial score (nSPS) is 24.2. The molecule has 0 N–H and O–H groups in total. The van der Waals surface area contributed by atoms with Crippen LogP contribution in [0.5, 0.6) is 0 Å². The number of hydrogen-bond donors (Lipinski definition) is 0. The molecule has 4 heterocycles. The van der Waals surface area contributed by atoms with Gasteiger partial charge in [-0.2, -0.15) is 0 Å². The van der Waals surface area contributed by atoms with Crippen LogP contribution < -0.4 is 4.90 Å². The lowest BCUT2D eigenvalue weighted by Crippen LogP contribution is -2.32. The van der Waals surface area contributed by atoms with E-state index in [0.717, 1.165) is 36.4 Å². The Hall–Kier alpha value is -1.93. The Bertz CT molecular complexity index is 1620. The topological polar surface area (TPSA) is 49.9 Å². The zero-order valence-electron chi connectivity index (χ0n) is 27.2. The molecule has 2 amide bonds. The number of allylic oxidation sites excluding steroid dienone is 2. The highest BCUT2D eigenvalue weighted by atomic mass is 35.5. The van der Waals surface area contributed by atoms with Crippen LogP contribution in [0.3, 0.4) is 0 Å². The van der Waals surface area contributed by atoms with Crippen molar-refractivity contribution in [2.45, 2.75) is 90.4 Å². The summed E-state index contributed by atoms with van der Waals surface area (Å²) in [5.74, 6) is 2.73. The number of hydrogen-bond acceptors (Lipinski definition) is 5. The molecule has 3 aliphatic heterocycles. The van der Waals surface area contributed by atoms with E-state index in [9.17, 15) is 9.59 Å². The van der Waals surface area contributed by atoms with Crippen molar-refractivity contribution in [3.05, 3.63) is 62.2 Å². The molecule has 5 nitrogen and oxygen atoms in total. The fourth-order valence-electron chi connectivity index (χ4n) is 7.55. The maximum absolute atomic E-state index is 13.7. The second kappa shape index (κ2) is 12.9. The predicted octanol–water partition coefficient (Wildman–Crippen LogP) is 9.44. The van der Waals surface area contributed by atoms with Crippen molar-refractivity contribution in [2.24, 2.45) is 11.8 Å². The minimum atomic E-state index is -0.321. The molecule has 0 spiro atoms. The number of unbranched alkanes of at least 4 members (excludes halogenated alkanes) is 2. The van der Waals surface area contributed by atoms with Gasteiger partial charge in [0.25, 0.3) is 0 Å². The molecule has 0 bridgehead atoms. The van der Waals surface area contributed by atoms with E-state index in [2.05, 4.69) is 64.5 Å². The van der Waals surface area contributed by atoms with Gasteiger partial charge in [0.1, 0.15) is 11.4 Å². The first-order chi connectivity index (χ1) is 21.4. The zero-order valence-corrected chi connectivity index (χ0v) is 30.3. The summed E-state index contributed by atoms with van der Waals surface area (Å²) < 4.78 is 7.75. The van der Waals surface area contributed by atoms with Gasteiger partial charge in [0.05, 0.1) is 5.25 Å². The van der Waals surface area contributed by atoms with Crippen molar-refractivity contribution < 1.29 is 14.3 Å². The largest absolute Gasteiger partial charge is 0.491 e. The van der Waals surface area contributed by atoms with E-state index in [4.69, 9.17) is 27.9 Å². The smallest absolute Gasteiger partial charge is 0.227 e. The van der Waals surface area contributed by atoms with Crippen molar-refractivity contribution in [1.82, 2.24) is 4.90 Å². The van der Waals surface area contributed by atoms with Crippen molar-refractivity contribution in [3.8, 4) is 0 Å². The minimum absolute atomic E-state index is 0.127. The maximum atomic E-state index is 13.7. The van der Waals surface area contributed by atoms with Gasteiger partial charge in [0.2, 0.25) is 11.8 Å². The first kappa shape index (κ1) is 33.0. The molecule has 1 aromatic heterocycles. The van der Waals surface area contributed by atoms with Crippen molar-refractivity contribution >= 4 is 73.9 Å². The SMILES string of the molecule is CC1=CSC2C(OC(C)(C)C)=CC3=C(C12)[C@H](CCl)CN3C(=O)CCCCCC(=O)N1C[C@@H](CCl)c2c1cc(C)c1scc(C)c21. The van der Waals surface area contributed by atoms with Crippen LogP contribution in [-0.4, -0.2) is 52.4 Å². The van der Waals surface area contributed by atoms with Crippen LogP contribution in [0, 0.1) is 25.7 Å². The number of anilines is 1. The summed E-state index contributed by atoms with van der Waals surface area (Å²) in [5, 5.41) is 5.93.